The molecule has 1 fully saturated rings. The number of hydrogen-bond donors (Lipinski definition) is 1. The molecule has 0 aliphatic carbocycles. The van der Waals surface area contributed by atoms with Crippen LogP contribution in [0.2, 0.25) is 0 Å². The molecule has 174 valence electrons. The molecular weight excluding hydrogens is 453 g/mol. The number of nitrogens with zero attached hydrogens (tertiary/aromatic N) is 6. The summed E-state index contributed by atoms with van der Waals surface area (Å²) in [6, 6.07) is 13.5. The molecule has 4 heterocycles. The highest BCUT2D eigenvalue weighted by Gasteiger charge is 2.38. The zero-order valence-corrected chi connectivity index (χ0v) is 18.4. The van der Waals surface area contributed by atoms with Crippen LogP contribution in [0.15, 0.2) is 67.3 Å². The number of carbonyl (C=O) groups excluding carboxylic acids is 1. The minimum atomic E-state index is -0.513. The molecule has 1 amide bonds. The number of fused-ring (bicyclic) bond motifs is 1. The summed E-state index contributed by atoms with van der Waals surface area (Å²) in [5.41, 5.74) is 2.73. The summed E-state index contributed by atoms with van der Waals surface area (Å²) in [6.45, 7) is 0.159. The zero-order chi connectivity index (χ0) is 23.9. The van der Waals surface area contributed by atoms with Gasteiger partial charge in [0.25, 0.3) is 0 Å². The highest BCUT2D eigenvalue weighted by molar-refractivity contribution is 5.90. The van der Waals surface area contributed by atoms with Crippen molar-refractivity contribution in [2.24, 2.45) is 0 Å². The van der Waals surface area contributed by atoms with Crippen molar-refractivity contribution in [2.75, 3.05) is 18.6 Å². The lowest BCUT2D eigenvalue weighted by atomic mass is 10.1. The summed E-state index contributed by atoms with van der Waals surface area (Å²) in [5.74, 6) is 0.825. The van der Waals surface area contributed by atoms with Crippen LogP contribution >= 0.6 is 0 Å². The lowest BCUT2D eigenvalue weighted by molar-refractivity contribution is 0.178. The average molecular weight is 471 g/mol. The van der Waals surface area contributed by atoms with Crippen molar-refractivity contribution in [3.8, 4) is 28.3 Å². The van der Waals surface area contributed by atoms with Crippen LogP contribution in [0.4, 0.5) is 15.0 Å². The van der Waals surface area contributed by atoms with Gasteiger partial charge in [-0.2, -0.15) is 10.2 Å². The van der Waals surface area contributed by atoms with Crippen molar-refractivity contribution in [1.29, 1.82) is 0 Å². The minimum Gasteiger partial charge on any atom is -0.496 e. The highest BCUT2D eigenvalue weighted by atomic mass is 19.1. The van der Waals surface area contributed by atoms with E-state index in [2.05, 4.69) is 20.3 Å². The van der Waals surface area contributed by atoms with Gasteiger partial charge in [0.05, 0.1) is 18.9 Å². The third-order valence-corrected chi connectivity index (χ3v) is 5.91. The predicted molar refractivity (Wildman–Crippen MR) is 123 cm³/mol. The fraction of sp³-hybridized carbons (Fsp3) is 0.125. The van der Waals surface area contributed by atoms with Gasteiger partial charge in [-0.1, -0.05) is 24.3 Å². The molecule has 11 heteroatoms. The molecule has 1 saturated heterocycles. The van der Waals surface area contributed by atoms with Gasteiger partial charge in [0, 0.05) is 17.3 Å². The highest BCUT2D eigenvalue weighted by Crippen LogP contribution is 2.37. The SMILES string of the molecule is COc1ccccc1C1COC(=O)N1c1ccn2ncc(-c3ccc(-c4nc[nH]n4)c(F)c3)c2n1. The van der Waals surface area contributed by atoms with Crippen LogP contribution in [0.25, 0.3) is 28.2 Å². The quantitative estimate of drug-likeness (QED) is 0.412. The predicted octanol–water partition coefficient (Wildman–Crippen LogP) is 4.03. The standard InChI is InChI=1S/C24H18FN7O3/c1-34-20-5-3-2-4-16(20)19-12-35-24(33)32(19)21-8-9-31-23(29-21)17(11-28-31)14-6-7-15(18(25)10-14)22-26-13-27-30-22/h2-11,13,19H,12H2,1H3,(H,26,27,30). The molecule has 35 heavy (non-hydrogen) atoms. The Morgan fingerprint density at radius 3 is 2.86 bits per heavy atom. The van der Waals surface area contributed by atoms with E-state index in [-0.39, 0.29) is 18.0 Å². The van der Waals surface area contributed by atoms with Gasteiger partial charge in [-0.25, -0.2) is 23.7 Å². The number of H-pyrrole nitrogens is 1. The molecule has 1 N–H and O–H groups in total. The molecule has 1 atom stereocenters. The Bertz CT molecular complexity index is 1550. The van der Waals surface area contributed by atoms with Crippen LogP contribution in [-0.2, 0) is 4.74 Å². The van der Waals surface area contributed by atoms with Gasteiger partial charge >= 0.3 is 6.09 Å². The van der Waals surface area contributed by atoms with Gasteiger partial charge in [0.15, 0.2) is 11.5 Å². The number of aromatic nitrogens is 6. The topological polar surface area (TPSA) is 111 Å². The Labute approximate surface area is 198 Å². The number of cyclic esters (lactones) is 1. The molecule has 1 unspecified atom stereocenters. The molecule has 2 aromatic carbocycles. The Hall–Kier alpha value is -4.80. The number of ether oxygens (including phenoxy) is 2. The van der Waals surface area contributed by atoms with E-state index in [0.717, 1.165) is 5.56 Å². The van der Waals surface area contributed by atoms with E-state index < -0.39 is 18.0 Å². The third-order valence-electron chi connectivity index (χ3n) is 5.91. The lowest BCUT2D eigenvalue weighted by Gasteiger charge is -2.22. The van der Waals surface area contributed by atoms with Gasteiger partial charge in [0.2, 0.25) is 0 Å². The summed E-state index contributed by atoms with van der Waals surface area (Å²) in [7, 11) is 1.58. The summed E-state index contributed by atoms with van der Waals surface area (Å²) in [6.07, 6.45) is 4.18. The fourth-order valence-electron chi connectivity index (χ4n) is 4.25. The smallest absolute Gasteiger partial charge is 0.416 e. The van der Waals surface area contributed by atoms with Crippen molar-refractivity contribution in [2.45, 2.75) is 6.04 Å². The second kappa shape index (κ2) is 8.20. The fourth-order valence-corrected chi connectivity index (χ4v) is 4.25. The molecule has 0 saturated carbocycles. The first-order chi connectivity index (χ1) is 17.1. The normalized spacial score (nSPS) is 15.5. The van der Waals surface area contributed by atoms with Crippen LogP contribution < -0.4 is 9.64 Å². The Balaban J connectivity index is 1.41. The number of hydrogen-bond acceptors (Lipinski definition) is 7. The van der Waals surface area contributed by atoms with E-state index in [1.54, 1.807) is 42.2 Å². The van der Waals surface area contributed by atoms with Crippen LogP contribution in [0.1, 0.15) is 11.6 Å². The maximum absolute atomic E-state index is 14.9. The van der Waals surface area contributed by atoms with Crippen molar-refractivity contribution < 1.29 is 18.7 Å². The van der Waals surface area contributed by atoms with Gasteiger partial charge in [-0.05, 0) is 29.8 Å². The number of amides is 1. The van der Waals surface area contributed by atoms with Crippen LogP contribution in [0, 0.1) is 5.82 Å². The molecule has 10 nitrogen and oxygen atoms in total. The number of anilines is 1. The Morgan fingerprint density at radius 2 is 2.06 bits per heavy atom. The molecule has 0 radical (unpaired) electrons. The van der Waals surface area contributed by atoms with E-state index in [1.165, 1.54) is 17.3 Å². The van der Waals surface area contributed by atoms with E-state index in [9.17, 15) is 9.18 Å². The summed E-state index contributed by atoms with van der Waals surface area (Å²) in [4.78, 5) is 22.9. The van der Waals surface area contributed by atoms with Gasteiger partial charge in [0.1, 0.15) is 36.4 Å². The first kappa shape index (κ1) is 20.8. The maximum atomic E-state index is 14.9. The summed E-state index contributed by atoms with van der Waals surface area (Å²) < 4.78 is 27.3. The molecule has 5 aromatic rings. The number of para-hydroxylation sites is 1. The van der Waals surface area contributed by atoms with Crippen LogP contribution in [-0.4, -0.2) is 49.6 Å². The van der Waals surface area contributed by atoms with Crippen molar-refractivity contribution in [3.05, 3.63) is 78.6 Å². The van der Waals surface area contributed by atoms with Gasteiger partial charge in [-0.15, -0.1) is 0 Å². The lowest BCUT2D eigenvalue weighted by Crippen LogP contribution is -2.28. The molecule has 1 aliphatic rings. The van der Waals surface area contributed by atoms with Crippen molar-refractivity contribution in [3.63, 3.8) is 0 Å². The number of aromatic amines is 1. The maximum Gasteiger partial charge on any atom is 0.416 e. The number of carbonyl (C=O) groups is 1. The number of rotatable bonds is 5. The molecule has 1 aliphatic heterocycles. The van der Waals surface area contributed by atoms with E-state index in [1.807, 2.05) is 24.3 Å². The molecule has 0 spiro atoms. The summed E-state index contributed by atoms with van der Waals surface area (Å²) in [5, 5.41) is 10.8. The number of benzene rings is 2. The monoisotopic (exact) mass is 471 g/mol. The molecule has 0 bridgehead atoms. The molecule has 3 aromatic heterocycles. The Morgan fingerprint density at radius 1 is 1.17 bits per heavy atom. The molecule has 6 rings (SSSR count). The number of methoxy groups -OCH3 is 1. The van der Waals surface area contributed by atoms with Crippen molar-refractivity contribution in [1.82, 2.24) is 29.8 Å². The second-order valence-corrected chi connectivity index (χ2v) is 7.83. The largest absolute Gasteiger partial charge is 0.496 e. The minimum absolute atomic E-state index is 0.159. The van der Waals surface area contributed by atoms with E-state index in [0.29, 0.717) is 28.3 Å². The van der Waals surface area contributed by atoms with E-state index >= 15 is 0 Å². The van der Waals surface area contributed by atoms with E-state index in [4.69, 9.17) is 14.5 Å². The average Bonchev–Trinajstić information content (AvgIpc) is 3.63. The van der Waals surface area contributed by atoms with Gasteiger partial charge < -0.3 is 9.47 Å². The number of halogens is 1. The van der Waals surface area contributed by atoms with Gasteiger partial charge in [-0.3, -0.25) is 10.00 Å². The zero-order valence-electron chi connectivity index (χ0n) is 18.4. The van der Waals surface area contributed by atoms with Crippen LogP contribution in [0.5, 0.6) is 5.75 Å². The number of nitrogens with one attached hydrogen (secondary N) is 1. The first-order valence-electron chi connectivity index (χ1n) is 10.7. The first-order valence-corrected chi connectivity index (χ1v) is 10.7. The second-order valence-electron chi connectivity index (χ2n) is 7.83. The van der Waals surface area contributed by atoms with Crippen molar-refractivity contribution >= 4 is 17.6 Å². The molecular formula is C24H18FN7O3. The summed E-state index contributed by atoms with van der Waals surface area (Å²) >= 11 is 0. The van der Waals surface area contributed by atoms with Crippen LogP contribution in [0.3, 0.4) is 0 Å². The third kappa shape index (κ3) is 3.44. The Kier molecular flexibility index (Phi) is 4.87.